The van der Waals surface area contributed by atoms with Crippen LogP contribution in [0.1, 0.15) is 11.1 Å². The first-order valence-electron chi connectivity index (χ1n) is 6.77. The number of hydrogen-bond donors (Lipinski definition) is 1. The molecule has 0 fully saturated rings. The van der Waals surface area contributed by atoms with Crippen LogP contribution in [-0.4, -0.2) is 21.7 Å². The number of nitrogens with one attached hydrogen (secondary N) is 1. The maximum atomic E-state index is 11.5. The molecule has 0 amide bonds. The minimum Gasteiger partial charge on any atom is -0.380 e. The molecular weight excluding hydrogens is 334 g/mol. The molecule has 23 heavy (non-hydrogen) atoms. The van der Waals surface area contributed by atoms with E-state index in [1.807, 2.05) is 12.1 Å². The fourth-order valence-electron chi connectivity index (χ4n) is 1.97. The quantitative estimate of drug-likeness (QED) is 0.899. The predicted molar refractivity (Wildman–Crippen MR) is 93.2 cm³/mol. The fourth-order valence-corrected chi connectivity index (χ4v) is 2.65. The molecule has 0 unspecified atom stereocenters. The van der Waals surface area contributed by atoms with Crippen LogP contribution in [0.4, 0.5) is 11.4 Å². The van der Waals surface area contributed by atoms with E-state index in [0.717, 1.165) is 11.8 Å². The van der Waals surface area contributed by atoms with E-state index in [-0.39, 0.29) is 0 Å². The van der Waals surface area contributed by atoms with Crippen LogP contribution in [-0.2, 0) is 16.6 Å². The van der Waals surface area contributed by atoms with Gasteiger partial charge in [-0.2, -0.15) is 5.26 Å². The van der Waals surface area contributed by atoms with Crippen molar-refractivity contribution in [2.45, 2.75) is 6.54 Å². The van der Waals surface area contributed by atoms with E-state index in [1.165, 1.54) is 11.4 Å². The molecular formula is C16H16ClN3O2S. The predicted octanol–water partition coefficient (Wildman–Crippen LogP) is 3.22. The highest BCUT2D eigenvalue weighted by Crippen LogP contribution is 2.22. The zero-order valence-electron chi connectivity index (χ0n) is 12.7. The zero-order chi connectivity index (χ0) is 17.0. The Morgan fingerprint density at radius 2 is 1.87 bits per heavy atom. The molecule has 0 aliphatic heterocycles. The van der Waals surface area contributed by atoms with Crippen molar-refractivity contribution in [3.05, 3.63) is 58.6 Å². The van der Waals surface area contributed by atoms with Crippen LogP contribution in [0.15, 0.2) is 42.5 Å². The highest BCUT2D eigenvalue weighted by atomic mass is 35.5. The summed E-state index contributed by atoms with van der Waals surface area (Å²) >= 11 is 5.94. The third-order valence-corrected chi connectivity index (χ3v) is 4.82. The maximum Gasteiger partial charge on any atom is 0.231 e. The molecule has 0 spiro atoms. The molecule has 2 rings (SSSR count). The van der Waals surface area contributed by atoms with Gasteiger partial charge in [0.1, 0.15) is 6.07 Å². The smallest absolute Gasteiger partial charge is 0.231 e. The van der Waals surface area contributed by atoms with Crippen LogP contribution in [0.25, 0.3) is 0 Å². The van der Waals surface area contributed by atoms with Crippen molar-refractivity contribution in [2.24, 2.45) is 0 Å². The molecule has 7 heteroatoms. The van der Waals surface area contributed by atoms with E-state index in [1.54, 1.807) is 30.3 Å². The Morgan fingerprint density at radius 3 is 2.43 bits per heavy atom. The Balaban J connectivity index is 2.11. The van der Waals surface area contributed by atoms with Gasteiger partial charge in [-0.3, -0.25) is 4.31 Å². The van der Waals surface area contributed by atoms with Gasteiger partial charge < -0.3 is 5.32 Å². The molecule has 0 aliphatic rings. The number of nitriles is 1. The van der Waals surface area contributed by atoms with Crippen LogP contribution < -0.4 is 9.62 Å². The van der Waals surface area contributed by atoms with Crippen LogP contribution in [0.3, 0.4) is 0 Å². The van der Waals surface area contributed by atoms with Crippen molar-refractivity contribution in [3.8, 4) is 6.07 Å². The molecule has 120 valence electrons. The molecule has 0 heterocycles. The maximum absolute atomic E-state index is 11.5. The van der Waals surface area contributed by atoms with Crippen LogP contribution in [0.5, 0.6) is 0 Å². The first-order valence-corrected chi connectivity index (χ1v) is 9.00. The number of sulfonamides is 1. The summed E-state index contributed by atoms with van der Waals surface area (Å²) in [6, 6.07) is 14.3. The van der Waals surface area contributed by atoms with E-state index in [9.17, 15) is 8.42 Å². The number of halogens is 1. The Kier molecular flexibility index (Phi) is 5.14. The topological polar surface area (TPSA) is 73.2 Å². The van der Waals surface area contributed by atoms with Crippen molar-refractivity contribution in [1.29, 1.82) is 5.26 Å². The van der Waals surface area contributed by atoms with E-state index >= 15 is 0 Å². The van der Waals surface area contributed by atoms with E-state index in [4.69, 9.17) is 16.9 Å². The molecule has 1 N–H and O–H groups in total. The Hall–Kier alpha value is -2.23. The SMILES string of the molecule is CN(c1ccc(CNc2cc(Cl)ccc2C#N)cc1)S(C)(=O)=O. The molecule has 2 aromatic carbocycles. The molecule has 0 saturated heterocycles. The Bertz CT molecular complexity index is 843. The zero-order valence-corrected chi connectivity index (χ0v) is 14.3. The van der Waals surface area contributed by atoms with Gasteiger partial charge in [0, 0.05) is 18.6 Å². The minimum absolute atomic E-state index is 0.498. The summed E-state index contributed by atoms with van der Waals surface area (Å²) in [6.07, 6.45) is 1.16. The minimum atomic E-state index is -3.27. The summed E-state index contributed by atoms with van der Waals surface area (Å²) in [5, 5.41) is 12.8. The molecule has 5 nitrogen and oxygen atoms in total. The lowest BCUT2D eigenvalue weighted by molar-refractivity contribution is 0.600. The molecule has 0 aromatic heterocycles. The number of rotatable bonds is 5. The average Bonchev–Trinajstić information content (AvgIpc) is 2.52. The van der Waals surface area contributed by atoms with Crippen molar-refractivity contribution < 1.29 is 8.42 Å². The third-order valence-electron chi connectivity index (χ3n) is 3.38. The first kappa shape index (κ1) is 17.1. The summed E-state index contributed by atoms with van der Waals surface area (Å²) in [4.78, 5) is 0. The van der Waals surface area contributed by atoms with Crippen molar-refractivity contribution >= 4 is 33.0 Å². The number of benzene rings is 2. The van der Waals surface area contributed by atoms with Gasteiger partial charge >= 0.3 is 0 Å². The molecule has 0 saturated carbocycles. The second kappa shape index (κ2) is 6.90. The Labute approximate surface area is 141 Å². The van der Waals surface area contributed by atoms with Gasteiger partial charge in [-0.1, -0.05) is 23.7 Å². The van der Waals surface area contributed by atoms with Gasteiger partial charge in [0.25, 0.3) is 0 Å². The van der Waals surface area contributed by atoms with Gasteiger partial charge in [-0.05, 0) is 35.9 Å². The normalized spacial score (nSPS) is 10.9. The summed E-state index contributed by atoms with van der Waals surface area (Å²) in [5.74, 6) is 0. The fraction of sp³-hybridized carbons (Fsp3) is 0.188. The molecule has 2 aromatic rings. The Morgan fingerprint density at radius 1 is 1.22 bits per heavy atom. The number of hydrogen-bond acceptors (Lipinski definition) is 4. The second-order valence-electron chi connectivity index (χ2n) is 5.05. The number of nitrogens with zero attached hydrogens (tertiary/aromatic N) is 2. The lowest BCUT2D eigenvalue weighted by Gasteiger charge is -2.17. The molecule has 0 radical (unpaired) electrons. The highest BCUT2D eigenvalue weighted by molar-refractivity contribution is 7.92. The monoisotopic (exact) mass is 349 g/mol. The highest BCUT2D eigenvalue weighted by Gasteiger charge is 2.11. The van der Waals surface area contributed by atoms with Crippen LogP contribution >= 0.6 is 11.6 Å². The van der Waals surface area contributed by atoms with Gasteiger partial charge in [0.05, 0.1) is 23.2 Å². The lowest BCUT2D eigenvalue weighted by Crippen LogP contribution is -2.24. The van der Waals surface area contributed by atoms with Crippen molar-refractivity contribution in [3.63, 3.8) is 0 Å². The molecule has 0 aliphatic carbocycles. The van der Waals surface area contributed by atoms with Crippen LogP contribution in [0, 0.1) is 11.3 Å². The summed E-state index contributed by atoms with van der Waals surface area (Å²) in [7, 11) is -1.76. The van der Waals surface area contributed by atoms with Gasteiger partial charge in [-0.15, -0.1) is 0 Å². The standard InChI is InChI=1S/C16H16ClN3O2S/c1-20(23(2,21)22)15-7-3-12(4-8-15)11-19-16-9-14(17)6-5-13(16)10-18/h3-9,19H,11H2,1-2H3. The summed E-state index contributed by atoms with van der Waals surface area (Å²) < 4.78 is 24.2. The van der Waals surface area contributed by atoms with Crippen molar-refractivity contribution in [1.82, 2.24) is 0 Å². The third kappa shape index (κ3) is 4.38. The van der Waals surface area contributed by atoms with E-state index < -0.39 is 10.0 Å². The largest absolute Gasteiger partial charge is 0.380 e. The average molecular weight is 350 g/mol. The van der Waals surface area contributed by atoms with Gasteiger partial charge in [-0.25, -0.2) is 8.42 Å². The summed E-state index contributed by atoms with van der Waals surface area (Å²) in [5.41, 5.74) is 2.73. The van der Waals surface area contributed by atoms with E-state index in [2.05, 4.69) is 11.4 Å². The summed E-state index contributed by atoms with van der Waals surface area (Å²) in [6.45, 7) is 0.498. The second-order valence-corrected chi connectivity index (χ2v) is 7.50. The van der Waals surface area contributed by atoms with E-state index in [0.29, 0.717) is 28.5 Å². The lowest BCUT2D eigenvalue weighted by atomic mass is 10.1. The molecule has 0 bridgehead atoms. The molecule has 0 atom stereocenters. The van der Waals surface area contributed by atoms with Gasteiger partial charge in [0.2, 0.25) is 10.0 Å². The number of anilines is 2. The van der Waals surface area contributed by atoms with Crippen molar-refractivity contribution in [2.75, 3.05) is 22.9 Å². The first-order chi connectivity index (χ1) is 10.8. The van der Waals surface area contributed by atoms with Gasteiger partial charge in [0.15, 0.2) is 0 Å². The van der Waals surface area contributed by atoms with Crippen LogP contribution in [0.2, 0.25) is 5.02 Å².